The minimum atomic E-state index is -0.120. The van der Waals surface area contributed by atoms with Crippen LogP contribution in [0.5, 0.6) is 0 Å². The van der Waals surface area contributed by atoms with Gasteiger partial charge in [-0.25, -0.2) is 0 Å². The van der Waals surface area contributed by atoms with Crippen LogP contribution in [0, 0.1) is 5.92 Å². The summed E-state index contributed by atoms with van der Waals surface area (Å²) < 4.78 is 1.10. The lowest BCUT2D eigenvalue weighted by atomic mass is 10.0. The Labute approximate surface area is 128 Å². The average Bonchev–Trinajstić information content (AvgIpc) is 2.73. The van der Waals surface area contributed by atoms with Crippen molar-refractivity contribution in [2.24, 2.45) is 5.92 Å². The minimum Gasteiger partial charge on any atom is -0.347 e. The molecule has 1 rings (SSSR count). The first-order valence-corrected chi connectivity index (χ1v) is 8.19. The van der Waals surface area contributed by atoms with E-state index in [1.807, 2.05) is 14.1 Å². The molecule has 5 heteroatoms. The van der Waals surface area contributed by atoms with Crippen LogP contribution in [0.4, 0.5) is 0 Å². The Morgan fingerprint density at radius 2 is 2.05 bits per heavy atom. The predicted molar refractivity (Wildman–Crippen MR) is 85.5 cm³/mol. The number of amides is 1. The second-order valence-corrected chi connectivity index (χ2v) is 7.33. The SMILES string of the molecule is CC(C)CC(NC(C)c1cc(Br)cs1)C(=O)N(C)C. The second-order valence-electron chi connectivity index (χ2n) is 5.47. The van der Waals surface area contributed by atoms with Crippen molar-refractivity contribution in [3.8, 4) is 0 Å². The molecule has 1 heterocycles. The molecular formula is C14H23BrN2OS. The number of hydrogen-bond acceptors (Lipinski definition) is 3. The Morgan fingerprint density at radius 1 is 1.42 bits per heavy atom. The Morgan fingerprint density at radius 3 is 2.47 bits per heavy atom. The lowest BCUT2D eigenvalue weighted by molar-refractivity contribution is -0.131. The number of thiophene rings is 1. The van der Waals surface area contributed by atoms with E-state index in [1.165, 1.54) is 4.88 Å². The third-order valence-corrected chi connectivity index (χ3v) is 4.79. The van der Waals surface area contributed by atoms with E-state index >= 15 is 0 Å². The number of rotatable bonds is 6. The van der Waals surface area contributed by atoms with E-state index in [0.29, 0.717) is 5.92 Å². The Bertz CT molecular complexity index is 417. The maximum atomic E-state index is 12.2. The summed E-state index contributed by atoms with van der Waals surface area (Å²) in [5.41, 5.74) is 0. The molecule has 1 amide bonds. The van der Waals surface area contributed by atoms with Crippen molar-refractivity contribution in [3.63, 3.8) is 0 Å². The lowest BCUT2D eigenvalue weighted by Crippen LogP contribution is -2.45. The first-order valence-electron chi connectivity index (χ1n) is 6.52. The van der Waals surface area contributed by atoms with Gasteiger partial charge in [-0.05, 0) is 41.3 Å². The fourth-order valence-electron chi connectivity index (χ4n) is 1.96. The fraction of sp³-hybridized carbons (Fsp3) is 0.643. The number of hydrogen-bond donors (Lipinski definition) is 1. The van der Waals surface area contributed by atoms with Crippen molar-refractivity contribution in [1.29, 1.82) is 0 Å². The van der Waals surface area contributed by atoms with E-state index < -0.39 is 0 Å². The van der Waals surface area contributed by atoms with E-state index in [0.717, 1.165) is 10.9 Å². The van der Waals surface area contributed by atoms with Gasteiger partial charge in [-0.2, -0.15) is 0 Å². The summed E-state index contributed by atoms with van der Waals surface area (Å²) in [6.07, 6.45) is 0.855. The van der Waals surface area contributed by atoms with Gasteiger partial charge in [0.1, 0.15) is 0 Å². The Hall–Kier alpha value is -0.390. The van der Waals surface area contributed by atoms with Gasteiger partial charge in [0, 0.05) is 34.9 Å². The van der Waals surface area contributed by atoms with E-state index in [4.69, 9.17) is 0 Å². The average molecular weight is 347 g/mol. The summed E-state index contributed by atoms with van der Waals surface area (Å²) in [7, 11) is 3.62. The first-order chi connectivity index (χ1) is 8.81. The van der Waals surface area contributed by atoms with Gasteiger partial charge in [0.2, 0.25) is 5.91 Å². The van der Waals surface area contributed by atoms with Gasteiger partial charge in [-0.3, -0.25) is 10.1 Å². The summed E-state index contributed by atoms with van der Waals surface area (Å²) in [6.45, 7) is 6.39. The highest BCUT2D eigenvalue weighted by Crippen LogP contribution is 2.26. The Kier molecular flexibility index (Phi) is 6.50. The number of likely N-dealkylation sites (N-methyl/N-ethyl adjacent to an activating group) is 1. The molecule has 3 nitrogen and oxygen atoms in total. The van der Waals surface area contributed by atoms with Crippen LogP contribution >= 0.6 is 27.3 Å². The van der Waals surface area contributed by atoms with Crippen molar-refractivity contribution in [2.45, 2.75) is 39.3 Å². The van der Waals surface area contributed by atoms with Crippen molar-refractivity contribution in [2.75, 3.05) is 14.1 Å². The molecule has 0 fully saturated rings. The molecule has 19 heavy (non-hydrogen) atoms. The van der Waals surface area contributed by atoms with Gasteiger partial charge in [0.15, 0.2) is 0 Å². The molecule has 0 bridgehead atoms. The van der Waals surface area contributed by atoms with Crippen LogP contribution in [-0.4, -0.2) is 30.9 Å². The first kappa shape index (κ1) is 16.7. The van der Waals surface area contributed by atoms with Crippen molar-refractivity contribution < 1.29 is 4.79 Å². The van der Waals surface area contributed by atoms with Crippen molar-refractivity contribution >= 4 is 33.2 Å². The molecule has 1 aromatic rings. The smallest absolute Gasteiger partial charge is 0.239 e. The summed E-state index contributed by atoms with van der Waals surface area (Å²) in [6, 6.07) is 2.17. The number of halogens is 1. The Balaban J connectivity index is 2.73. The van der Waals surface area contributed by atoms with E-state index in [9.17, 15) is 4.79 Å². The molecule has 2 atom stereocenters. The molecule has 108 valence electrons. The highest BCUT2D eigenvalue weighted by Gasteiger charge is 2.23. The zero-order chi connectivity index (χ0) is 14.6. The van der Waals surface area contributed by atoms with Crippen molar-refractivity contribution in [1.82, 2.24) is 10.2 Å². The number of carbonyl (C=O) groups excluding carboxylic acids is 1. The van der Waals surface area contributed by atoms with Crippen molar-refractivity contribution in [3.05, 3.63) is 20.8 Å². The quantitative estimate of drug-likeness (QED) is 0.852. The molecule has 0 aliphatic heterocycles. The zero-order valence-corrected chi connectivity index (χ0v) is 14.6. The van der Waals surface area contributed by atoms with Gasteiger partial charge >= 0.3 is 0 Å². The monoisotopic (exact) mass is 346 g/mol. The predicted octanol–water partition coefficient (Wildman–Crippen LogP) is 3.66. The van der Waals surface area contributed by atoms with Crippen LogP contribution in [0.3, 0.4) is 0 Å². The molecule has 0 aliphatic carbocycles. The molecule has 0 aromatic carbocycles. The van der Waals surface area contributed by atoms with Crippen LogP contribution in [0.25, 0.3) is 0 Å². The van der Waals surface area contributed by atoms with Gasteiger partial charge in [-0.1, -0.05) is 13.8 Å². The third kappa shape index (κ3) is 5.24. The summed E-state index contributed by atoms with van der Waals surface area (Å²) in [5.74, 6) is 0.639. The summed E-state index contributed by atoms with van der Waals surface area (Å²) in [4.78, 5) is 15.1. The normalized spacial score (nSPS) is 14.5. The molecule has 0 saturated heterocycles. The molecule has 0 spiro atoms. The standard InChI is InChI=1S/C14H23BrN2OS/c1-9(2)6-12(14(18)17(4)5)16-10(3)13-7-11(15)8-19-13/h7-10,12,16H,6H2,1-5H3. The molecular weight excluding hydrogens is 324 g/mol. The lowest BCUT2D eigenvalue weighted by Gasteiger charge is -2.26. The topological polar surface area (TPSA) is 32.3 Å². The molecule has 1 aromatic heterocycles. The van der Waals surface area contributed by atoms with Gasteiger partial charge in [0.25, 0.3) is 0 Å². The van der Waals surface area contributed by atoms with Gasteiger partial charge in [0.05, 0.1) is 6.04 Å². The maximum Gasteiger partial charge on any atom is 0.239 e. The van der Waals surface area contributed by atoms with Gasteiger partial charge in [-0.15, -0.1) is 11.3 Å². The number of nitrogens with zero attached hydrogens (tertiary/aromatic N) is 1. The largest absolute Gasteiger partial charge is 0.347 e. The van der Waals surface area contributed by atoms with Gasteiger partial charge < -0.3 is 4.90 Å². The number of nitrogens with one attached hydrogen (secondary N) is 1. The van der Waals surface area contributed by atoms with E-state index in [1.54, 1.807) is 16.2 Å². The van der Waals surface area contributed by atoms with Crippen LogP contribution in [0.2, 0.25) is 0 Å². The maximum absolute atomic E-state index is 12.2. The molecule has 2 unspecified atom stereocenters. The van der Waals surface area contributed by atoms with Crippen LogP contribution in [0.15, 0.2) is 15.9 Å². The zero-order valence-electron chi connectivity index (χ0n) is 12.2. The van der Waals surface area contributed by atoms with Crippen LogP contribution < -0.4 is 5.32 Å². The van der Waals surface area contributed by atoms with Crippen LogP contribution in [0.1, 0.15) is 38.1 Å². The molecule has 0 saturated carbocycles. The van der Waals surface area contributed by atoms with Crippen LogP contribution in [-0.2, 0) is 4.79 Å². The van der Waals surface area contributed by atoms with E-state index in [-0.39, 0.29) is 18.0 Å². The molecule has 0 aliphatic rings. The molecule has 1 N–H and O–H groups in total. The fourth-order valence-corrected chi connectivity index (χ4v) is 3.42. The third-order valence-electron chi connectivity index (χ3n) is 2.91. The highest BCUT2D eigenvalue weighted by molar-refractivity contribution is 9.10. The second kappa shape index (κ2) is 7.41. The minimum absolute atomic E-state index is 0.120. The molecule has 0 radical (unpaired) electrons. The summed E-state index contributed by atoms with van der Waals surface area (Å²) in [5, 5.41) is 5.53. The highest BCUT2D eigenvalue weighted by atomic mass is 79.9. The summed E-state index contributed by atoms with van der Waals surface area (Å²) >= 11 is 5.17. The van der Waals surface area contributed by atoms with E-state index in [2.05, 4.69) is 53.5 Å². The number of carbonyl (C=O) groups is 1.